The number of carbonyl (C=O) groups excluding carboxylic acids is 1. The first kappa shape index (κ1) is 19.2. The zero-order valence-electron chi connectivity index (χ0n) is 16.3. The molecule has 2 amide bonds. The minimum atomic E-state index is -0.00131. The van der Waals surface area contributed by atoms with E-state index in [-0.39, 0.29) is 6.03 Å². The number of piperazine rings is 1. The van der Waals surface area contributed by atoms with Crippen LogP contribution < -0.4 is 10.1 Å². The summed E-state index contributed by atoms with van der Waals surface area (Å²) in [4.78, 5) is 16.6. The maximum absolute atomic E-state index is 12.3. The van der Waals surface area contributed by atoms with Gasteiger partial charge in [0.2, 0.25) is 0 Å². The third-order valence-electron chi connectivity index (χ3n) is 4.87. The molecule has 1 N–H and O–H groups in total. The molecular weight excluding hydrogens is 338 g/mol. The summed E-state index contributed by atoms with van der Waals surface area (Å²) in [6, 6.07) is 16.6. The van der Waals surface area contributed by atoms with E-state index in [4.69, 9.17) is 4.74 Å². The van der Waals surface area contributed by atoms with Crippen LogP contribution in [0.15, 0.2) is 48.5 Å². The molecule has 0 unspecified atom stereocenters. The molecule has 2 aromatic rings. The van der Waals surface area contributed by atoms with Crippen molar-refractivity contribution in [1.29, 1.82) is 0 Å². The molecule has 0 saturated carbocycles. The first-order valence-corrected chi connectivity index (χ1v) is 9.61. The lowest BCUT2D eigenvalue weighted by Gasteiger charge is -2.34. The molecule has 144 valence electrons. The Labute approximate surface area is 161 Å². The molecule has 0 aliphatic carbocycles. The van der Waals surface area contributed by atoms with Crippen LogP contribution in [0.1, 0.15) is 16.7 Å². The van der Waals surface area contributed by atoms with Gasteiger partial charge in [0.15, 0.2) is 0 Å². The predicted octanol–water partition coefficient (Wildman–Crippen LogP) is 3.21. The van der Waals surface area contributed by atoms with E-state index in [2.05, 4.69) is 47.5 Å². The van der Waals surface area contributed by atoms with Gasteiger partial charge in [-0.2, -0.15) is 0 Å². The molecule has 0 atom stereocenters. The molecular formula is C22H29N3O2. The van der Waals surface area contributed by atoms with Gasteiger partial charge < -0.3 is 15.0 Å². The maximum atomic E-state index is 12.3. The number of ether oxygens (including phenoxy) is 1. The lowest BCUT2D eigenvalue weighted by molar-refractivity contribution is 0.134. The average Bonchev–Trinajstić information content (AvgIpc) is 2.68. The van der Waals surface area contributed by atoms with Crippen molar-refractivity contribution in [2.75, 3.05) is 39.3 Å². The number of urea groups is 1. The summed E-state index contributed by atoms with van der Waals surface area (Å²) >= 11 is 0. The van der Waals surface area contributed by atoms with Crippen molar-refractivity contribution in [3.63, 3.8) is 0 Å². The van der Waals surface area contributed by atoms with Crippen LogP contribution in [-0.4, -0.2) is 55.2 Å². The van der Waals surface area contributed by atoms with Crippen molar-refractivity contribution in [2.24, 2.45) is 0 Å². The number of benzene rings is 2. The zero-order valence-corrected chi connectivity index (χ0v) is 16.3. The molecule has 1 heterocycles. The fourth-order valence-electron chi connectivity index (χ4n) is 3.34. The second kappa shape index (κ2) is 9.42. The van der Waals surface area contributed by atoms with E-state index in [1.165, 1.54) is 11.1 Å². The van der Waals surface area contributed by atoms with E-state index < -0.39 is 0 Å². The van der Waals surface area contributed by atoms with Crippen LogP contribution in [0, 0.1) is 13.8 Å². The van der Waals surface area contributed by atoms with Gasteiger partial charge in [-0.15, -0.1) is 0 Å². The Hall–Kier alpha value is -2.53. The first-order chi connectivity index (χ1) is 13.1. The SMILES string of the molecule is Cc1ccc(OCCNC(=O)N2CCN(Cc3ccccc3)CC2)c(C)c1. The molecule has 5 heteroatoms. The van der Waals surface area contributed by atoms with Crippen molar-refractivity contribution < 1.29 is 9.53 Å². The van der Waals surface area contributed by atoms with Gasteiger partial charge in [0.05, 0.1) is 6.54 Å². The Morgan fingerprint density at radius 2 is 1.78 bits per heavy atom. The van der Waals surface area contributed by atoms with Gasteiger partial charge >= 0.3 is 6.03 Å². The monoisotopic (exact) mass is 367 g/mol. The molecule has 1 aliphatic rings. The van der Waals surface area contributed by atoms with E-state index in [0.29, 0.717) is 13.2 Å². The second-order valence-corrected chi connectivity index (χ2v) is 7.10. The number of hydrogen-bond acceptors (Lipinski definition) is 3. The van der Waals surface area contributed by atoms with E-state index in [0.717, 1.165) is 44.0 Å². The fourth-order valence-corrected chi connectivity index (χ4v) is 3.34. The Morgan fingerprint density at radius 3 is 2.48 bits per heavy atom. The number of nitrogens with one attached hydrogen (secondary N) is 1. The summed E-state index contributed by atoms with van der Waals surface area (Å²) in [5.41, 5.74) is 3.66. The van der Waals surface area contributed by atoms with E-state index in [9.17, 15) is 4.79 Å². The smallest absolute Gasteiger partial charge is 0.317 e. The number of hydrogen-bond donors (Lipinski definition) is 1. The molecule has 0 bridgehead atoms. The van der Waals surface area contributed by atoms with Gasteiger partial charge in [-0.05, 0) is 31.0 Å². The highest BCUT2D eigenvalue weighted by molar-refractivity contribution is 5.74. The molecule has 3 rings (SSSR count). The number of carbonyl (C=O) groups is 1. The normalized spacial score (nSPS) is 14.8. The molecule has 0 radical (unpaired) electrons. The van der Waals surface area contributed by atoms with Crippen LogP contribution >= 0.6 is 0 Å². The van der Waals surface area contributed by atoms with Crippen LogP contribution in [0.2, 0.25) is 0 Å². The highest BCUT2D eigenvalue weighted by Gasteiger charge is 2.20. The molecule has 2 aromatic carbocycles. The summed E-state index contributed by atoms with van der Waals surface area (Å²) in [6.45, 7) is 9.36. The Morgan fingerprint density at radius 1 is 1.04 bits per heavy atom. The molecule has 5 nitrogen and oxygen atoms in total. The van der Waals surface area contributed by atoms with Crippen LogP contribution in [0.4, 0.5) is 4.79 Å². The van der Waals surface area contributed by atoms with E-state index >= 15 is 0 Å². The van der Waals surface area contributed by atoms with E-state index in [1.807, 2.05) is 30.0 Å². The standard InChI is InChI=1S/C22H29N3O2/c1-18-8-9-21(19(2)16-18)27-15-10-23-22(26)25-13-11-24(12-14-25)17-20-6-4-3-5-7-20/h3-9,16H,10-15,17H2,1-2H3,(H,23,26). The third kappa shape index (κ3) is 5.73. The van der Waals surface area contributed by atoms with E-state index in [1.54, 1.807) is 0 Å². The van der Waals surface area contributed by atoms with Crippen molar-refractivity contribution in [2.45, 2.75) is 20.4 Å². The second-order valence-electron chi connectivity index (χ2n) is 7.10. The van der Waals surface area contributed by atoms with Crippen molar-refractivity contribution >= 4 is 6.03 Å². The van der Waals surface area contributed by atoms with Gasteiger partial charge in [0, 0.05) is 32.7 Å². The maximum Gasteiger partial charge on any atom is 0.317 e. The highest BCUT2D eigenvalue weighted by Crippen LogP contribution is 2.18. The van der Waals surface area contributed by atoms with Gasteiger partial charge in [-0.3, -0.25) is 4.90 Å². The van der Waals surface area contributed by atoms with Crippen LogP contribution in [0.3, 0.4) is 0 Å². The number of aryl methyl sites for hydroxylation is 2. The zero-order chi connectivity index (χ0) is 19.1. The quantitative estimate of drug-likeness (QED) is 0.798. The summed E-state index contributed by atoms with van der Waals surface area (Å²) in [5, 5.41) is 2.96. The summed E-state index contributed by atoms with van der Waals surface area (Å²) in [6.07, 6.45) is 0. The minimum Gasteiger partial charge on any atom is -0.491 e. The Kier molecular flexibility index (Phi) is 6.71. The fraction of sp³-hybridized carbons (Fsp3) is 0.409. The third-order valence-corrected chi connectivity index (χ3v) is 4.87. The molecule has 1 fully saturated rings. The summed E-state index contributed by atoms with van der Waals surface area (Å²) in [7, 11) is 0. The summed E-state index contributed by atoms with van der Waals surface area (Å²) in [5.74, 6) is 0.879. The average molecular weight is 367 g/mol. The first-order valence-electron chi connectivity index (χ1n) is 9.61. The molecule has 0 spiro atoms. The lowest BCUT2D eigenvalue weighted by atomic mass is 10.1. The van der Waals surface area contributed by atoms with Crippen LogP contribution in [-0.2, 0) is 6.54 Å². The molecule has 1 saturated heterocycles. The largest absolute Gasteiger partial charge is 0.491 e. The Balaban J connectivity index is 1.34. The minimum absolute atomic E-state index is 0.00131. The van der Waals surface area contributed by atoms with Crippen molar-refractivity contribution in [1.82, 2.24) is 15.1 Å². The van der Waals surface area contributed by atoms with Gasteiger partial charge in [-0.25, -0.2) is 4.79 Å². The molecule has 27 heavy (non-hydrogen) atoms. The van der Waals surface area contributed by atoms with Crippen molar-refractivity contribution in [3.8, 4) is 5.75 Å². The number of amides is 2. The van der Waals surface area contributed by atoms with Gasteiger partial charge in [-0.1, -0.05) is 48.0 Å². The lowest BCUT2D eigenvalue weighted by Crippen LogP contribution is -2.51. The number of nitrogens with zero attached hydrogens (tertiary/aromatic N) is 2. The van der Waals surface area contributed by atoms with Gasteiger partial charge in [0.25, 0.3) is 0 Å². The predicted molar refractivity (Wildman–Crippen MR) is 108 cm³/mol. The number of rotatable bonds is 6. The van der Waals surface area contributed by atoms with Crippen molar-refractivity contribution in [3.05, 3.63) is 65.2 Å². The Bertz CT molecular complexity index is 740. The van der Waals surface area contributed by atoms with Crippen LogP contribution in [0.5, 0.6) is 5.75 Å². The molecule has 1 aliphatic heterocycles. The topological polar surface area (TPSA) is 44.8 Å². The van der Waals surface area contributed by atoms with Gasteiger partial charge in [0.1, 0.15) is 12.4 Å². The van der Waals surface area contributed by atoms with Crippen LogP contribution in [0.25, 0.3) is 0 Å². The summed E-state index contributed by atoms with van der Waals surface area (Å²) < 4.78 is 5.77. The highest BCUT2D eigenvalue weighted by atomic mass is 16.5. The molecule has 0 aromatic heterocycles.